The van der Waals surface area contributed by atoms with Crippen LogP contribution in [0, 0.1) is 6.92 Å². The van der Waals surface area contributed by atoms with Crippen LogP contribution in [0.5, 0.6) is 0 Å². The van der Waals surface area contributed by atoms with E-state index in [1.165, 1.54) is 31.5 Å². The zero-order valence-corrected chi connectivity index (χ0v) is 16.1. The molecule has 1 N–H and O–H groups in total. The molecule has 3 aromatic rings. The Morgan fingerprint density at radius 1 is 1.10 bits per heavy atom. The topological polar surface area (TPSA) is 68.3 Å². The van der Waals surface area contributed by atoms with Crippen molar-refractivity contribution in [3.05, 3.63) is 77.0 Å². The van der Waals surface area contributed by atoms with Gasteiger partial charge in [0.1, 0.15) is 0 Å². The molecule has 0 fully saturated rings. The van der Waals surface area contributed by atoms with Gasteiger partial charge in [-0.25, -0.2) is 4.79 Å². The molecule has 0 saturated heterocycles. The summed E-state index contributed by atoms with van der Waals surface area (Å²) >= 11 is 0. The minimum absolute atomic E-state index is 0.148. The fourth-order valence-electron chi connectivity index (χ4n) is 2.86. The lowest BCUT2D eigenvalue weighted by Gasteiger charge is -2.10. The fourth-order valence-corrected chi connectivity index (χ4v) is 2.86. The SMILES string of the molecule is COC(=O)c1cnc2cc(NC(=O)c3ccc(C=CC(F)(F)F)cc3C)ccc2c1. The molecule has 1 amide bonds. The van der Waals surface area contributed by atoms with Gasteiger partial charge in [-0.1, -0.05) is 24.3 Å². The maximum absolute atomic E-state index is 12.6. The van der Waals surface area contributed by atoms with Crippen LogP contribution in [-0.4, -0.2) is 30.1 Å². The number of aryl methyl sites for hydroxylation is 1. The fraction of sp³-hybridized carbons (Fsp3) is 0.136. The lowest BCUT2D eigenvalue weighted by Crippen LogP contribution is -2.13. The number of rotatable bonds is 4. The lowest BCUT2D eigenvalue weighted by molar-refractivity contribution is -0.0790. The molecule has 0 unspecified atom stereocenters. The van der Waals surface area contributed by atoms with Crippen LogP contribution >= 0.6 is 0 Å². The number of carbonyl (C=O) groups excluding carboxylic acids is 2. The Bertz CT molecular complexity index is 1150. The second-order valence-electron chi connectivity index (χ2n) is 6.53. The molecule has 0 aliphatic rings. The van der Waals surface area contributed by atoms with E-state index in [4.69, 9.17) is 0 Å². The van der Waals surface area contributed by atoms with Gasteiger partial charge < -0.3 is 10.1 Å². The van der Waals surface area contributed by atoms with Crippen LogP contribution < -0.4 is 5.32 Å². The Hall–Kier alpha value is -3.68. The summed E-state index contributed by atoms with van der Waals surface area (Å²) < 4.78 is 41.6. The minimum atomic E-state index is -4.40. The van der Waals surface area contributed by atoms with Gasteiger partial charge in [-0.2, -0.15) is 13.2 Å². The number of allylic oxidation sites excluding steroid dienone is 1. The second-order valence-corrected chi connectivity index (χ2v) is 6.53. The highest BCUT2D eigenvalue weighted by molar-refractivity contribution is 6.06. The molecule has 3 rings (SSSR count). The molecule has 1 aromatic heterocycles. The van der Waals surface area contributed by atoms with Gasteiger partial charge in [0, 0.05) is 28.9 Å². The van der Waals surface area contributed by atoms with Gasteiger partial charge in [0.15, 0.2) is 0 Å². The van der Waals surface area contributed by atoms with Gasteiger partial charge in [-0.05, 0) is 42.3 Å². The van der Waals surface area contributed by atoms with Gasteiger partial charge in [-0.15, -0.1) is 0 Å². The number of nitrogens with zero attached hydrogens (tertiary/aromatic N) is 1. The number of pyridine rings is 1. The molecule has 30 heavy (non-hydrogen) atoms. The summed E-state index contributed by atoms with van der Waals surface area (Å²) in [5, 5.41) is 3.45. The third kappa shape index (κ3) is 5.02. The van der Waals surface area contributed by atoms with E-state index in [2.05, 4.69) is 15.0 Å². The van der Waals surface area contributed by atoms with Crippen molar-refractivity contribution < 1.29 is 27.5 Å². The first kappa shape index (κ1) is 21.0. The van der Waals surface area contributed by atoms with E-state index in [1.807, 2.05) is 0 Å². The van der Waals surface area contributed by atoms with Gasteiger partial charge in [0.05, 0.1) is 18.2 Å². The molecule has 0 saturated carbocycles. The van der Waals surface area contributed by atoms with Crippen LogP contribution in [0.2, 0.25) is 0 Å². The summed E-state index contributed by atoms with van der Waals surface area (Å²) in [5.74, 6) is -0.893. The number of esters is 1. The van der Waals surface area contributed by atoms with E-state index in [9.17, 15) is 22.8 Å². The number of aromatic nitrogens is 1. The van der Waals surface area contributed by atoms with Crippen molar-refractivity contribution in [2.45, 2.75) is 13.1 Å². The van der Waals surface area contributed by atoms with E-state index in [1.54, 1.807) is 31.2 Å². The summed E-state index contributed by atoms with van der Waals surface area (Å²) in [7, 11) is 1.28. The van der Waals surface area contributed by atoms with E-state index < -0.39 is 18.1 Å². The molecule has 8 heteroatoms. The molecule has 0 aliphatic heterocycles. The Labute approximate surface area is 170 Å². The number of nitrogens with one attached hydrogen (secondary N) is 1. The van der Waals surface area contributed by atoms with Crippen molar-refractivity contribution in [1.82, 2.24) is 4.98 Å². The quantitative estimate of drug-likeness (QED) is 0.599. The summed E-state index contributed by atoms with van der Waals surface area (Å²) in [6, 6.07) is 11.1. The van der Waals surface area contributed by atoms with Gasteiger partial charge in [-0.3, -0.25) is 9.78 Å². The number of benzene rings is 2. The van der Waals surface area contributed by atoms with Gasteiger partial charge in [0.25, 0.3) is 5.91 Å². The number of ether oxygens (including phenoxy) is 1. The molecular weight excluding hydrogens is 397 g/mol. The van der Waals surface area contributed by atoms with Crippen LogP contribution in [0.15, 0.2) is 54.7 Å². The zero-order valence-electron chi connectivity index (χ0n) is 16.1. The first-order valence-corrected chi connectivity index (χ1v) is 8.82. The standard InChI is InChI=1S/C22H17F3N2O3/c1-13-9-14(7-8-22(23,24)25)3-6-18(13)20(28)27-17-5-4-15-10-16(21(29)30-2)12-26-19(15)11-17/h3-12H,1-2H3,(H,27,28). The second kappa shape index (κ2) is 8.36. The molecule has 0 aliphatic carbocycles. The lowest BCUT2D eigenvalue weighted by atomic mass is 10.0. The predicted octanol–water partition coefficient (Wildman–Crippen LogP) is 5.16. The molecular formula is C22H17F3N2O3. The summed E-state index contributed by atoms with van der Waals surface area (Å²) in [5.41, 5.74) is 2.61. The first-order valence-electron chi connectivity index (χ1n) is 8.82. The molecule has 0 atom stereocenters. The van der Waals surface area contributed by atoms with Crippen molar-refractivity contribution >= 4 is 34.5 Å². The smallest absolute Gasteiger partial charge is 0.409 e. The monoisotopic (exact) mass is 414 g/mol. The molecule has 0 spiro atoms. The van der Waals surface area contributed by atoms with Crippen molar-refractivity contribution in [2.75, 3.05) is 12.4 Å². The third-order valence-electron chi connectivity index (χ3n) is 4.32. The number of amides is 1. The summed E-state index contributed by atoms with van der Waals surface area (Å²) in [6.07, 6.45) is -1.91. The molecule has 0 radical (unpaired) electrons. The largest absolute Gasteiger partial charge is 0.465 e. The summed E-state index contributed by atoms with van der Waals surface area (Å²) in [4.78, 5) is 28.4. The van der Waals surface area contributed by atoms with E-state index in [0.717, 1.165) is 6.08 Å². The van der Waals surface area contributed by atoms with Crippen LogP contribution in [0.3, 0.4) is 0 Å². The number of hydrogen-bond acceptors (Lipinski definition) is 4. The van der Waals surface area contributed by atoms with Gasteiger partial charge >= 0.3 is 12.1 Å². The van der Waals surface area contributed by atoms with E-state index in [-0.39, 0.29) is 6.08 Å². The zero-order chi connectivity index (χ0) is 21.9. The highest BCUT2D eigenvalue weighted by Gasteiger charge is 2.21. The third-order valence-corrected chi connectivity index (χ3v) is 4.32. The van der Waals surface area contributed by atoms with Crippen molar-refractivity contribution in [3.8, 4) is 0 Å². The Balaban J connectivity index is 1.79. The maximum Gasteiger partial charge on any atom is 0.409 e. The molecule has 5 nitrogen and oxygen atoms in total. The highest BCUT2D eigenvalue weighted by Crippen LogP contribution is 2.22. The molecule has 154 valence electrons. The number of halogens is 3. The van der Waals surface area contributed by atoms with Crippen LogP contribution in [-0.2, 0) is 4.74 Å². The Morgan fingerprint density at radius 3 is 2.53 bits per heavy atom. The van der Waals surface area contributed by atoms with Crippen LogP contribution in [0.25, 0.3) is 17.0 Å². The van der Waals surface area contributed by atoms with Crippen LogP contribution in [0.1, 0.15) is 31.8 Å². The molecule has 2 aromatic carbocycles. The first-order chi connectivity index (χ1) is 14.2. The molecule has 0 bridgehead atoms. The van der Waals surface area contributed by atoms with Gasteiger partial charge in [0.2, 0.25) is 0 Å². The number of anilines is 1. The highest BCUT2D eigenvalue weighted by atomic mass is 19.4. The maximum atomic E-state index is 12.6. The Kier molecular flexibility index (Phi) is 5.86. The average Bonchev–Trinajstić information content (AvgIpc) is 2.70. The van der Waals surface area contributed by atoms with Crippen molar-refractivity contribution in [2.24, 2.45) is 0 Å². The average molecular weight is 414 g/mol. The number of hydrogen-bond donors (Lipinski definition) is 1. The van der Waals surface area contributed by atoms with E-state index in [0.29, 0.717) is 38.8 Å². The Morgan fingerprint density at radius 2 is 1.87 bits per heavy atom. The number of fused-ring (bicyclic) bond motifs is 1. The van der Waals surface area contributed by atoms with Crippen LogP contribution in [0.4, 0.5) is 18.9 Å². The summed E-state index contributed by atoms with van der Waals surface area (Å²) in [6.45, 7) is 1.65. The van der Waals surface area contributed by atoms with Crippen molar-refractivity contribution in [1.29, 1.82) is 0 Å². The van der Waals surface area contributed by atoms with Crippen molar-refractivity contribution in [3.63, 3.8) is 0 Å². The minimum Gasteiger partial charge on any atom is -0.465 e. The number of alkyl halides is 3. The van der Waals surface area contributed by atoms with E-state index >= 15 is 0 Å². The number of carbonyl (C=O) groups is 2. The molecule has 1 heterocycles. The number of methoxy groups -OCH3 is 1. The predicted molar refractivity (Wildman–Crippen MR) is 107 cm³/mol. The normalized spacial score (nSPS) is 11.6.